The summed E-state index contributed by atoms with van der Waals surface area (Å²) in [6.45, 7) is 2.67. The Morgan fingerprint density at radius 1 is 1.46 bits per heavy atom. The van der Waals surface area contributed by atoms with E-state index in [1.54, 1.807) is 36.3 Å². The zero-order valence-corrected chi connectivity index (χ0v) is 14.2. The predicted molar refractivity (Wildman–Crippen MR) is 87.9 cm³/mol. The van der Waals surface area contributed by atoms with Gasteiger partial charge in [0.05, 0.1) is 30.6 Å². The lowest BCUT2D eigenvalue weighted by atomic mass is 10.1. The third-order valence-electron chi connectivity index (χ3n) is 4.31. The fourth-order valence-electron chi connectivity index (χ4n) is 3.30. The first kappa shape index (κ1) is 16.3. The first-order chi connectivity index (χ1) is 11.6. The summed E-state index contributed by atoms with van der Waals surface area (Å²) >= 11 is 0. The molecule has 3 rings (SSSR count). The molecule has 1 amide bonds. The third kappa shape index (κ3) is 3.06. The third-order valence-corrected chi connectivity index (χ3v) is 4.31. The second-order valence-electron chi connectivity index (χ2n) is 5.85. The highest BCUT2D eigenvalue weighted by Gasteiger charge is 2.35. The summed E-state index contributed by atoms with van der Waals surface area (Å²) in [6, 6.07) is 3.55. The Morgan fingerprint density at radius 2 is 2.29 bits per heavy atom. The van der Waals surface area contributed by atoms with Gasteiger partial charge < -0.3 is 14.4 Å². The molecule has 0 radical (unpaired) electrons. The number of likely N-dealkylation sites (tertiary alicyclic amines) is 1. The molecule has 1 fully saturated rings. The van der Waals surface area contributed by atoms with E-state index in [1.807, 2.05) is 18.9 Å². The molecule has 128 valence electrons. The Hall–Kier alpha value is -2.57. The van der Waals surface area contributed by atoms with E-state index in [0.29, 0.717) is 11.6 Å². The number of amides is 1. The van der Waals surface area contributed by atoms with Gasteiger partial charge in [0.15, 0.2) is 6.61 Å². The Labute approximate surface area is 141 Å². The normalized spacial score (nSPS) is 17.1. The molecule has 2 aromatic rings. The highest BCUT2D eigenvalue weighted by molar-refractivity contribution is 5.78. The molecule has 0 spiro atoms. The van der Waals surface area contributed by atoms with Crippen molar-refractivity contribution in [1.29, 1.82) is 0 Å². The molecule has 1 saturated heterocycles. The summed E-state index contributed by atoms with van der Waals surface area (Å²) in [5.74, 6) is 1.27. The predicted octanol–water partition coefficient (Wildman–Crippen LogP) is 1.87. The van der Waals surface area contributed by atoms with Crippen molar-refractivity contribution in [3.63, 3.8) is 0 Å². The summed E-state index contributed by atoms with van der Waals surface area (Å²) in [6.07, 6.45) is 5.13. The number of nitrogens with zero attached hydrogens (tertiary/aromatic N) is 4. The first-order valence-electron chi connectivity index (χ1n) is 8.01. The van der Waals surface area contributed by atoms with Gasteiger partial charge in [-0.2, -0.15) is 5.10 Å². The van der Waals surface area contributed by atoms with Crippen LogP contribution in [-0.4, -0.2) is 45.8 Å². The molecule has 0 bridgehead atoms. The van der Waals surface area contributed by atoms with E-state index < -0.39 is 0 Å². The average Bonchev–Trinajstić information content (AvgIpc) is 3.17. The van der Waals surface area contributed by atoms with Gasteiger partial charge in [-0.3, -0.25) is 9.78 Å². The van der Waals surface area contributed by atoms with E-state index in [2.05, 4.69) is 10.1 Å². The number of pyridine rings is 1. The molecule has 0 N–H and O–H groups in total. The van der Waals surface area contributed by atoms with Crippen LogP contribution in [0.25, 0.3) is 0 Å². The Morgan fingerprint density at radius 3 is 3.00 bits per heavy atom. The topological polar surface area (TPSA) is 69.5 Å². The van der Waals surface area contributed by atoms with E-state index in [9.17, 15) is 4.79 Å². The molecule has 0 saturated carbocycles. The molecule has 7 heteroatoms. The minimum atomic E-state index is -0.0355. The molecule has 2 aromatic heterocycles. The quantitative estimate of drug-likeness (QED) is 0.837. The number of hydrogen-bond acceptors (Lipinski definition) is 5. The van der Waals surface area contributed by atoms with Crippen LogP contribution in [0.1, 0.15) is 30.1 Å². The zero-order chi connectivity index (χ0) is 17.1. The fraction of sp³-hybridized carbons (Fsp3) is 0.471. The maximum Gasteiger partial charge on any atom is 0.261 e. The molecule has 3 heterocycles. The Kier molecular flexibility index (Phi) is 4.69. The van der Waals surface area contributed by atoms with Crippen LogP contribution in [0.3, 0.4) is 0 Å². The largest absolute Gasteiger partial charge is 0.482 e. The number of aryl methyl sites for hydroxylation is 2. The Balaban J connectivity index is 1.75. The van der Waals surface area contributed by atoms with E-state index in [1.165, 1.54) is 0 Å². The molecule has 1 atom stereocenters. The SMILES string of the molecule is COc1c(C2CCCN2C(=O)COc2cccnc2)c(C)nn1C. The van der Waals surface area contributed by atoms with Crippen molar-refractivity contribution in [2.75, 3.05) is 20.3 Å². The molecule has 1 aliphatic rings. The second kappa shape index (κ2) is 6.90. The van der Waals surface area contributed by atoms with Gasteiger partial charge in [0.2, 0.25) is 5.88 Å². The van der Waals surface area contributed by atoms with Crippen LogP contribution in [-0.2, 0) is 11.8 Å². The molecular formula is C17H22N4O3. The van der Waals surface area contributed by atoms with Crippen LogP contribution in [0.15, 0.2) is 24.5 Å². The molecule has 1 aliphatic heterocycles. The monoisotopic (exact) mass is 330 g/mol. The van der Waals surface area contributed by atoms with Crippen molar-refractivity contribution in [2.45, 2.75) is 25.8 Å². The first-order valence-corrected chi connectivity index (χ1v) is 8.01. The highest BCUT2D eigenvalue weighted by Crippen LogP contribution is 2.38. The van der Waals surface area contributed by atoms with Crippen molar-refractivity contribution >= 4 is 5.91 Å². The van der Waals surface area contributed by atoms with Crippen LogP contribution in [0.5, 0.6) is 11.6 Å². The fourth-order valence-corrected chi connectivity index (χ4v) is 3.30. The molecule has 24 heavy (non-hydrogen) atoms. The molecular weight excluding hydrogens is 308 g/mol. The van der Waals surface area contributed by atoms with E-state index in [-0.39, 0.29) is 18.6 Å². The number of ether oxygens (including phenoxy) is 2. The van der Waals surface area contributed by atoms with Crippen molar-refractivity contribution in [2.24, 2.45) is 7.05 Å². The van der Waals surface area contributed by atoms with E-state index in [0.717, 1.165) is 30.6 Å². The number of aromatic nitrogens is 3. The Bertz CT molecular complexity index is 714. The number of methoxy groups -OCH3 is 1. The number of rotatable bonds is 5. The summed E-state index contributed by atoms with van der Waals surface area (Å²) in [4.78, 5) is 18.5. The second-order valence-corrected chi connectivity index (χ2v) is 5.85. The van der Waals surface area contributed by atoms with Crippen LogP contribution in [0.2, 0.25) is 0 Å². The van der Waals surface area contributed by atoms with E-state index in [4.69, 9.17) is 9.47 Å². The maximum absolute atomic E-state index is 12.6. The van der Waals surface area contributed by atoms with Gasteiger partial charge in [-0.25, -0.2) is 4.68 Å². The molecule has 7 nitrogen and oxygen atoms in total. The van der Waals surface area contributed by atoms with Crippen molar-refractivity contribution in [3.05, 3.63) is 35.8 Å². The summed E-state index contributed by atoms with van der Waals surface area (Å²) in [5.41, 5.74) is 1.89. The minimum Gasteiger partial charge on any atom is -0.482 e. The van der Waals surface area contributed by atoms with Gasteiger partial charge in [-0.05, 0) is 31.9 Å². The van der Waals surface area contributed by atoms with Crippen LogP contribution in [0.4, 0.5) is 0 Å². The van der Waals surface area contributed by atoms with Crippen molar-refractivity contribution in [3.8, 4) is 11.6 Å². The summed E-state index contributed by atoms with van der Waals surface area (Å²) < 4.78 is 12.8. The lowest BCUT2D eigenvalue weighted by Crippen LogP contribution is -2.34. The van der Waals surface area contributed by atoms with Gasteiger partial charge in [-0.1, -0.05) is 0 Å². The van der Waals surface area contributed by atoms with Gasteiger partial charge in [0, 0.05) is 19.8 Å². The number of carbonyl (C=O) groups excluding carboxylic acids is 1. The minimum absolute atomic E-state index is 0.00379. The molecule has 1 unspecified atom stereocenters. The summed E-state index contributed by atoms with van der Waals surface area (Å²) in [5, 5.41) is 4.43. The lowest BCUT2D eigenvalue weighted by molar-refractivity contribution is -0.134. The van der Waals surface area contributed by atoms with Crippen molar-refractivity contribution < 1.29 is 14.3 Å². The maximum atomic E-state index is 12.6. The standard InChI is InChI=1S/C17H22N4O3/c1-12-16(17(23-3)20(2)19-12)14-7-5-9-21(14)15(22)11-24-13-6-4-8-18-10-13/h4,6,8,10,14H,5,7,9,11H2,1-3H3. The van der Waals surface area contributed by atoms with Crippen LogP contribution >= 0.6 is 0 Å². The van der Waals surface area contributed by atoms with Gasteiger partial charge in [0.1, 0.15) is 5.75 Å². The lowest BCUT2D eigenvalue weighted by Gasteiger charge is -2.25. The van der Waals surface area contributed by atoms with Crippen LogP contribution < -0.4 is 9.47 Å². The summed E-state index contributed by atoms with van der Waals surface area (Å²) in [7, 11) is 3.48. The van der Waals surface area contributed by atoms with Gasteiger partial charge in [-0.15, -0.1) is 0 Å². The van der Waals surface area contributed by atoms with Gasteiger partial charge >= 0.3 is 0 Å². The smallest absolute Gasteiger partial charge is 0.261 e. The average molecular weight is 330 g/mol. The van der Waals surface area contributed by atoms with Crippen LogP contribution in [0, 0.1) is 6.92 Å². The van der Waals surface area contributed by atoms with Gasteiger partial charge in [0.25, 0.3) is 5.91 Å². The van der Waals surface area contributed by atoms with Crippen molar-refractivity contribution in [1.82, 2.24) is 19.7 Å². The zero-order valence-electron chi connectivity index (χ0n) is 14.2. The number of carbonyl (C=O) groups is 1. The molecule has 0 aliphatic carbocycles. The van der Waals surface area contributed by atoms with E-state index >= 15 is 0 Å². The molecule has 0 aromatic carbocycles. The highest BCUT2D eigenvalue weighted by atomic mass is 16.5. The number of hydrogen-bond donors (Lipinski definition) is 0.